The van der Waals surface area contributed by atoms with Gasteiger partial charge in [0.25, 0.3) is 0 Å². The van der Waals surface area contributed by atoms with Crippen LogP contribution in [0.25, 0.3) is 0 Å². The molecule has 0 amide bonds. The summed E-state index contributed by atoms with van der Waals surface area (Å²) in [5.74, 6) is -0.112. The number of methoxy groups -OCH3 is 1. The second-order valence-electron chi connectivity index (χ2n) is 2.61. The molecular formula is C9H17NO2Se2. The number of hydrogen-bond donors (Lipinski definition) is 0. The quantitative estimate of drug-likeness (QED) is 0.496. The van der Waals surface area contributed by atoms with Gasteiger partial charge in [0.2, 0.25) is 0 Å². The minimum atomic E-state index is -0.112. The fourth-order valence-electron chi connectivity index (χ4n) is 0.897. The van der Waals surface area contributed by atoms with E-state index in [9.17, 15) is 4.79 Å². The number of carbonyl (C=O) groups is 1. The van der Waals surface area contributed by atoms with Crippen molar-refractivity contribution in [2.45, 2.75) is 25.6 Å². The van der Waals surface area contributed by atoms with E-state index in [2.05, 4.69) is 39.1 Å². The second-order valence-corrected chi connectivity index (χ2v) is 7.01. The Balaban J connectivity index is 3.67. The molecule has 0 fully saturated rings. The minimum absolute atomic E-state index is 0.112. The van der Waals surface area contributed by atoms with Crippen LogP contribution in [0.5, 0.6) is 0 Å². The zero-order valence-corrected chi connectivity index (χ0v) is 12.3. The molecule has 0 heterocycles. The van der Waals surface area contributed by atoms with E-state index in [0.717, 1.165) is 18.4 Å². The van der Waals surface area contributed by atoms with Gasteiger partial charge >= 0.3 is 100 Å². The summed E-state index contributed by atoms with van der Waals surface area (Å²) in [6, 6.07) is 0. The first kappa shape index (κ1) is 14.2. The Bertz CT molecular complexity index is 193. The Morgan fingerprint density at radius 2 is 2.00 bits per heavy atom. The van der Waals surface area contributed by atoms with Crippen molar-refractivity contribution in [1.29, 1.82) is 0 Å². The van der Waals surface area contributed by atoms with Gasteiger partial charge in [-0.05, 0) is 0 Å². The van der Waals surface area contributed by atoms with Crippen LogP contribution in [0, 0.1) is 0 Å². The van der Waals surface area contributed by atoms with E-state index in [4.69, 9.17) is 0 Å². The molecule has 14 heavy (non-hydrogen) atoms. The molecule has 0 aromatic carbocycles. The molecule has 0 unspecified atom stereocenters. The third-order valence-electron chi connectivity index (χ3n) is 1.78. The maximum atomic E-state index is 10.9. The molecule has 0 aliphatic carbocycles. The van der Waals surface area contributed by atoms with Gasteiger partial charge in [0, 0.05) is 0 Å². The first-order valence-electron chi connectivity index (χ1n) is 4.64. The van der Waals surface area contributed by atoms with Crippen LogP contribution >= 0.6 is 0 Å². The molecule has 0 N–H and O–H groups in total. The van der Waals surface area contributed by atoms with Crippen LogP contribution in [0.2, 0.25) is 5.32 Å². The van der Waals surface area contributed by atoms with Gasteiger partial charge in [0.1, 0.15) is 0 Å². The average molecular weight is 329 g/mol. The van der Waals surface area contributed by atoms with Gasteiger partial charge in [-0.25, -0.2) is 0 Å². The Hall–Kier alpha value is 0.179. The van der Waals surface area contributed by atoms with Crippen LogP contribution in [0.3, 0.4) is 0 Å². The van der Waals surface area contributed by atoms with E-state index in [1.54, 1.807) is 0 Å². The Labute approximate surface area is 100 Å². The van der Waals surface area contributed by atoms with E-state index >= 15 is 0 Å². The molecule has 0 saturated carbocycles. The summed E-state index contributed by atoms with van der Waals surface area (Å²) in [6.45, 7) is 6.33. The molecule has 0 radical (unpaired) electrons. The van der Waals surface area contributed by atoms with Crippen LogP contribution in [-0.2, 0) is 9.53 Å². The molecule has 0 aliphatic rings. The molecule has 0 saturated heterocycles. The first-order chi connectivity index (χ1) is 6.65. The van der Waals surface area contributed by atoms with E-state index in [-0.39, 0.29) is 5.97 Å². The number of carbonyl (C=O) groups excluding carboxylic acids is 1. The summed E-state index contributed by atoms with van der Waals surface area (Å²) in [7, 11) is 1.43. The molecule has 0 rings (SSSR count). The monoisotopic (exact) mass is 331 g/mol. The molecule has 3 nitrogen and oxygen atoms in total. The van der Waals surface area contributed by atoms with Gasteiger partial charge in [0.05, 0.1) is 0 Å². The third kappa shape index (κ3) is 5.81. The van der Waals surface area contributed by atoms with E-state index in [0.29, 0.717) is 21.4 Å². The van der Waals surface area contributed by atoms with Gasteiger partial charge in [-0.2, -0.15) is 0 Å². The number of hydrogen-bond acceptors (Lipinski definition) is 3. The van der Waals surface area contributed by atoms with Gasteiger partial charge < -0.3 is 0 Å². The average Bonchev–Trinajstić information content (AvgIpc) is 2.19. The van der Waals surface area contributed by atoms with Crippen LogP contribution in [0.4, 0.5) is 0 Å². The van der Waals surface area contributed by atoms with Crippen LogP contribution < -0.4 is 0 Å². The van der Waals surface area contributed by atoms with E-state index in [1.165, 1.54) is 10.5 Å². The van der Waals surface area contributed by atoms with Crippen LogP contribution in [-0.4, -0.2) is 65.0 Å². The molecule has 0 aromatic heterocycles. The SMILES string of the molecule is CCN(CC)C(=[Se])[Se]CCC(=O)OC. The Kier molecular flexibility index (Phi) is 8.59. The number of esters is 1. The van der Waals surface area contributed by atoms with Crippen molar-refractivity contribution in [3.05, 3.63) is 0 Å². The molecule has 82 valence electrons. The predicted octanol–water partition coefficient (Wildman–Crippen LogP) is 0.270. The molecule has 0 bridgehead atoms. The number of nitrogens with zero attached hydrogens (tertiary/aromatic N) is 1. The van der Waals surface area contributed by atoms with E-state index < -0.39 is 0 Å². The topological polar surface area (TPSA) is 29.5 Å². The number of rotatable bonds is 7. The standard InChI is InChI=1S/C9H17NO2Se2/c1-4-10(5-2)9(13)14-7-6-8(11)12-3/h4-7H2,1-3H3. The van der Waals surface area contributed by atoms with Gasteiger partial charge in [-0.3, -0.25) is 0 Å². The Morgan fingerprint density at radius 3 is 2.43 bits per heavy atom. The zero-order valence-electron chi connectivity index (χ0n) is 8.91. The first-order valence-corrected chi connectivity index (χ1v) is 7.56. The van der Waals surface area contributed by atoms with Crippen LogP contribution in [0.15, 0.2) is 0 Å². The molecule has 0 aromatic rings. The van der Waals surface area contributed by atoms with E-state index in [1.807, 2.05) is 0 Å². The van der Waals surface area contributed by atoms with Gasteiger partial charge in [-0.15, -0.1) is 0 Å². The van der Waals surface area contributed by atoms with Crippen molar-refractivity contribution in [2.75, 3.05) is 20.2 Å². The summed E-state index contributed by atoms with van der Waals surface area (Å²) >= 11 is 3.46. The summed E-state index contributed by atoms with van der Waals surface area (Å²) in [5.41, 5.74) is 0. The zero-order chi connectivity index (χ0) is 11.0. The number of ether oxygens (including phenoxy) is 1. The third-order valence-corrected chi connectivity index (χ3v) is 5.52. The summed E-state index contributed by atoms with van der Waals surface area (Å²) in [6.07, 6.45) is 0.531. The van der Waals surface area contributed by atoms with Gasteiger partial charge in [0.15, 0.2) is 0 Å². The Morgan fingerprint density at radius 1 is 1.43 bits per heavy atom. The van der Waals surface area contributed by atoms with Crippen molar-refractivity contribution in [1.82, 2.24) is 4.90 Å². The van der Waals surface area contributed by atoms with Crippen molar-refractivity contribution >= 4 is 39.9 Å². The second kappa shape index (κ2) is 8.48. The summed E-state index contributed by atoms with van der Waals surface area (Å²) < 4.78 is 5.88. The van der Waals surface area contributed by atoms with Crippen LogP contribution in [0.1, 0.15) is 20.3 Å². The van der Waals surface area contributed by atoms with Crippen molar-refractivity contribution in [2.24, 2.45) is 0 Å². The molecule has 0 aliphatic heterocycles. The van der Waals surface area contributed by atoms with Gasteiger partial charge in [-0.1, -0.05) is 0 Å². The summed E-state index contributed by atoms with van der Waals surface area (Å²) in [4.78, 5) is 13.1. The van der Waals surface area contributed by atoms with Crippen molar-refractivity contribution in [3.63, 3.8) is 0 Å². The van der Waals surface area contributed by atoms with Crippen molar-refractivity contribution < 1.29 is 9.53 Å². The maximum absolute atomic E-state index is 10.9. The normalized spacial score (nSPS) is 9.64. The summed E-state index contributed by atoms with van der Waals surface area (Å²) in [5, 5.41) is 0.915. The van der Waals surface area contributed by atoms with Crippen molar-refractivity contribution in [3.8, 4) is 0 Å². The molecule has 0 atom stereocenters. The molecule has 5 heteroatoms. The molecular weight excluding hydrogens is 312 g/mol. The molecule has 0 spiro atoms. The fraction of sp³-hybridized carbons (Fsp3) is 0.778. The fourth-order valence-corrected chi connectivity index (χ4v) is 4.20. The predicted molar refractivity (Wildman–Crippen MR) is 60.9 cm³/mol.